The van der Waals surface area contributed by atoms with Crippen LogP contribution in [0.15, 0.2) is 83.8 Å². The zero-order valence-corrected chi connectivity index (χ0v) is 17.3. The molecule has 1 aliphatic rings. The predicted molar refractivity (Wildman–Crippen MR) is 122 cm³/mol. The molecular formula is C24H19FN4OS. The molecule has 4 aromatic rings. The summed E-state index contributed by atoms with van der Waals surface area (Å²) in [7, 11) is 0. The normalized spacial score (nSPS) is 12.6. The lowest BCUT2D eigenvalue weighted by Gasteiger charge is -2.18. The van der Waals surface area contributed by atoms with E-state index in [4.69, 9.17) is 0 Å². The molecule has 5 rings (SSSR count). The number of hydrogen-bond donors (Lipinski definition) is 2. The molecule has 2 N–H and O–H groups in total. The van der Waals surface area contributed by atoms with Gasteiger partial charge in [-0.2, -0.15) is 5.10 Å². The molecule has 0 fully saturated rings. The van der Waals surface area contributed by atoms with Crippen LogP contribution < -0.4 is 9.62 Å². The first kappa shape index (κ1) is 19.4. The average Bonchev–Trinajstić information content (AvgIpc) is 3.42. The standard InChI is InChI=1S/C24H19FN4OS/c25-19-10-8-16(9-11-19)21-15-23(28-27-21)26-24(30)18-5-3-6-20(14-18)31-29-13-12-17-4-1-2-7-22(17)29/h1-11,14-15H,12-13H2,(H2,26,27,28,30). The van der Waals surface area contributed by atoms with Crippen molar-refractivity contribution in [2.75, 3.05) is 16.2 Å². The van der Waals surface area contributed by atoms with Gasteiger partial charge in [-0.1, -0.05) is 24.3 Å². The third-order valence-corrected chi connectivity index (χ3v) is 6.20. The van der Waals surface area contributed by atoms with Gasteiger partial charge in [0.15, 0.2) is 5.82 Å². The summed E-state index contributed by atoms with van der Waals surface area (Å²) in [6.45, 7) is 0.944. The summed E-state index contributed by atoms with van der Waals surface area (Å²) >= 11 is 1.64. The van der Waals surface area contributed by atoms with Crippen LogP contribution in [0.1, 0.15) is 15.9 Å². The summed E-state index contributed by atoms with van der Waals surface area (Å²) in [6, 6.07) is 23.8. The van der Waals surface area contributed by atoms with Crippen molar-refractivity contribution in [3.63, 3.8) is 0 Å². The van der Waals surface area contributed by atoms with E-state index in [1.165, 1.54) is 23.4 Å². The fourth-order valence-electron chi connectivity index (χ4n) is 3.58. The molecule has 0 radical (unpaired) electrons. The van der Waals surface area contributed by atoms with Crippen LogP contribution in [-0.2, 0) is 6.42 Å². The lowest BCUT2D eigenvalue weighted by atomic mass is 10.1. The second-order valence-corrected chi connectivity index (χ2v) is 8.32. The molecule has 0 unspecified atom stereocenters. The summed E-state index contributed by atoms with van der Waals surface area (Å²) in [5.74, 6) is -0.121. The van der Waals surface area contributed by atoms with Gasteiger partial charge < -0.3 is 9.62 Å². The van der Waals surface area contributed by atoms with Gasteiger partial charge in [0.05, 0.1) is 11.4 Å². The van der Waals surface area contributed by atoms with E-state index in [1.807, 2.05) is 24.3 Å². The topological polar surface area (TPSA) is 61.0 Å². The lowest BCUT2D eigenvalue weighted by Crippen LogP contribution is -2.13. The van der Waals surface area contributed by atoms with Crippen LogP contribution >= 0.6 is 11.9 Å². The molecule has 0 saturated heterocycles. The first-order chi connectivity index (χ1) is 15.2. The molecule has 5 nitrogen and oxygen atoms in total. The quantitative estimate of drug-likeness (QED) is 0.408. The third-order valence-electron chi connectivity index (χ3n) is 5.13. The van der Waals surface area contributed by atoms with E-state index in [0.717, 1.165) is 23.4 Å². The van der Waals surface area contributed by atoms with Crippen LogP contribution in [0.25, 0.3) is 11.3 Å². The van der Waals surface area contributed by atoms with Crippen LogP contribution in [0, 0.1) is 5.82 Å². The van der Waals surface area contributed by atoms with E-state index in [1.54, 1.807) is 36.2 Å². The number of para-hydroxylation sites is 1. The molecule has 31 heavy (non-hydrogen) atoms. The minimum absolute atomic E-state index is 0.235. The molecule has 3 aromatic carbocycles. The van der Waals surface area contributed by atoms with Gasteiger partial charge in [0.2, 0.25) is 0 Å². The smallest absolute Gasteiger partial charge is 0.256 e. The van der Waals surface area contributed by atoms with Crippen molar-refractivity contribution in [3.8, 4) is 11.3 Å². The van der Waals surface area contributed by atoms with Crippen LogP contribution in [-0.4, -0.2) is 22.6 Å². The molecular weight excluding hydrogens is 411 g/mol. The number of anilines is 2. The van der Waals surface area contributed by atoms with Crippen molar-refractivity contribution in [1.82, 2.24) is 10.2 Å². The fraction of sp³-hybridized carbons (Fsp3) is 0.0833. The van der Waals surface area contributed by atoms with E-state index in [-0.39, 0.29) is 11.7 Å². The van der Waals surface area contributed by atoms with Crippen molar-refractivity contribution in [2.24, 2.45) is 0 Å². The van der Waals surface area contributed by atoms with E-state index < -0.39 is 0 Å². The number of aromatic amines is 1. The highest BCUT2D eigenvalue weighted by Gasteiger charge is 2.20. The molecule has 1 aromatic heterocycles. The van der Waals surface area contributed by atoms with Gasteiger partial charge in [-0.3, -0.25) is 9.89 Å². The predicted octanol–water partition coefficient (Wildman–Crippen LogP) is 5.54. The maximum absolute atomic E-state index is 13.1. The Morgan fingerprint density at radius 1 is 1.03 bits per heavy atom. The Morgan fingerprint density at radius 3 is 2.74 bits per heavy atom. The summed E-state index contributed by atoms with van der Waals surface area (Å²) in [4.78, 5) is 13.8. The van der Waals surface area contributed by atoms with Crippen molar-refractivity contribution < 1.29 is 9.18 Å². The van der Waals surface area contributed by atoms with Gasteiger partial charge in [0, 0.05) is 23.1 Å². The number of aromatic nitrogens is 2. The van der Waals surface area contributed by atoms with Gasteiger partial charge in [-0.05, 0) is 78.0 Å². The first-order valence-electron chi connectivity index (χ1n) is 9.92. The maximum Gasteiger partial charge on any atom is 0.256 e. The Balaban J connectivity index is 1.28. The minimum atomic E-state index is -0.299. The molecule has 1 aliphatic heterocycles. The Labute approximate surface area is 183 Å². The van der Waals surface area contributed by atoms with Crippen molar-refractivity contribution in [3.05, 3.63) is 95.8 Å². The molecule has 0 saturated carbocycles. The molecule has 0 atom stereocenters. The molecule has 0 aliphatic carbocycles. The zero-order valence-electron chi connectivity index (χ0n) is 16.5. The van der Waals surface area contributed by atoms with Crippen LogP contribution in [0.3, 0.4) is 0 Å². The number of carbonyl (C=O) groups is 1. The number of amides is 1. The van der Waals surface area contributed by atoms with E-state index in [2.05, 4.69) is 38.0 Å². The highest BCUT2D eigenvalue weighted by atomic mass is 32.2. The summed E-state index contributed by atoms with van der Waals surface area (Å²) in [5.41, 5.74) is 4.63. The highest BCUT2D eigenvalue weighted by molar-refractivity contribution is 8.00. The fourth-order valence-corrected chi connectivity index (χ4v) is 4.61. The van der Waals surface area contributed by atoms with E-state index in [9.17, 15) is 9.18 Å². The van der Waals surface area contributed by atoms with Crippen LogP contribution in [0.5, 0.6) is 0 Å². The van der Waals surface area contributed by atoms with Crippen molar-refractivity contribution in [1.29, 1.82) is 0 Å². The van der Waals surface area contributed by atoms with Crippen molar-refractivity contribution >= 4 is 29.4 Å². The van der Waals surface area contributed by atoms with Gasteiger partial charge in [-0.15, -0.1) is 0 Å². The number of nitrogens with zero attached hydrogens (tertiary/aromatic N) is 2. The number of carbonyl (C=O) groups excluding carboxylic acids is 1. The maximum atomic E-state index is 13.1. The molecule has 1 amide bonds. The Hall–Kier alpha value is -3.58. The molecule has 0 bridgehead atoms. The second-order valence-electron chi connectivity index (χ2n) is 7.23. The van der Waals surface area contributed by atoms with E-state index >= 15 is 0 Å². The third kappa shape index (κ3) is 4.18. The largest absolute Gasteiger partial charge is 0.312 e. The van der Waals surface area contributed by atoms with Crippen LogP contribution in [0.4, 0.5) is 15.9 Å². The summed E-state index contributed by atoms with van der Waals surface area (Å²) in [6.07, 6.45) is 1.03. The zero-order chi connectivity index (χ0) is 21.2. The number of benzene rings is 3. The number of fused-ring (bicyclic) bond motifs is 1. The SMILES string of the molecule is O=C(Nc1cc(-c2ccc(F)cc2)[nH]n1)c1cccc(SN2CCc3ccccc32)c1. The number of halogens is 1. The minimum Gasteiger partial charge on any atom is -0.312 e. The van der Waals surface area contributed by atoms with Crippen molar-refractivity contribution in [2.45, 2.75) is 11.3 Å². The highest BCUT2D eigenvalue weighted by Crippen LogP contribution is 2.36. The first-order valence-corrected chi connectivity index (χ1v) is 10.7. The summed E-state index contributed by atoms with van der Waals surface area (Å²) in [5, 5.41) is 9.83. The number of nitrogens with one attached hydrogen (secondary N) is 2. The average molecular weight is 431 g/mol. The van der Waals surface area contributed by atoms with E-state index in [0.29, 0.717) is 17.1 Å². The number of rotatable bonds is 5. The molecule has 154 valence electrons. The lowest BCUT2D eigenvalue weighted by molar-refractivity contribution is 0.102. The van der Waals surface area contributed by atoms with Gasteiger partial charge in [0.1, 0.15) is 5.82 Å². The summed E-state index contributed by atoms with van der Waals surface area (Å²) < 4.78 is 15.4. The van der Waals surface area contributed by atoms with Gasteiger partial charge in [0.25, 0.3) is 5.91 Å². The number of H-pyrrole nitrogens is 1. The molecule has 2 heterocycles. The second kappa shape index (κ2) is 8.28. The number of hydrogen-bond acceptors (Lipinski definition) is 4. The Morgan fingerprint density at radius 2 is 1.87 bits per heavy atom. The molecule has 7 heteroatoms. The van der Waals surface area contributed by atoms with Gasteiger partial charge in [-0.25, -0.2) is 4.39 Å². The van der Waals surface area contributed by atoms with Gasteiger partial charge >= 0.3 is 0 Å². The Kier molecular flexibility index (Phi) is 5.18. The Bertz CT molecular complexity index is 1240. The monoisotopic (exact) mass is 430 g/mol. The molecule has 0 spiro atoms. The van der Waals surface area contributed by atoms with Crippen LogP contribution in [0.2, 0.25) is 0 Å².